The number of hydrogen-bond acceptors (Lipinski definition) is 3. The summed E-state index contributed by atoms with van der Waals surface area (Å²) in [6.07, 6.45) is 1.76. The summed E-state index contributed by atoms with van der Waals surface area (Å²) in [4.78, 5) is 0. The van der Waals surface area contributed by atoms with E-state index in [1.54, 1.807) is 28.4 Å². The van der Waals surface area contributed by atoms with Crippen molar-refractivity contribution >= 4 is 52.2 Å². The number of fused-ring (bicyclic) bond motifs is 1. The number of rotatable bonds is 3. The van der Waals surface area contributed by atoms with Crippen LogP contribution in [0.25, 0.3) is 5.65 Å². The van der Waals surface area contributed by atoms with Gasteiger partial charge in [-0.25, -0.2) is 0 Å². The van der Waals surface area contributed by atoms with Crippen LogP contribution in [-0.4, -0.2) is 14.6 Å². The van der Waals surface area contributed by atoms with E-state index in [0.29, 0.717) is 15.7 Å². The summed E-state index contributed by atoms with van der Waals surface area (Å²) in [6, 6.07) is 9.36. The fourth-order valence-electron chi connectivity index (χ4n) is 1.73. The summed E-state index contributed by atoms with van der Waals surface area (Å²) in [5, 5.41) is 10.7. The minimum Gasteiger partial charge on any atom is -0.275 e. The standard InChI is InChI=1S/C13H8Cl3N3S/c14-9-3-1-8(2-4-9)7-20-13-18-17-12-11(16)5-10(15)6-19(12)13/h1-6H,7H2. The third-order valence-electron chi connectivity index (χ3n) is 2.68. The van der Waals surface area contributed by atoms with Crippen LogP contribution in [-0.2, 0) is 5.75 Å². The van der Waals surface area contributed by atoms with Gasteiger partial charge >= 0.3 is 0 Å². The molecule has 1 aromatic carbocycles. The lowest BCUT2D eigenvalue weighted by Gasteiger charge is -2.02. The van der Waals surface area contributed by atoms with Gasteiger partial charge in [-0.1, -0.05) is 58.7 Å². The molecule has 102 valence electrons. The van der Waals surface area contributed by atoms with E-state index in [2.05, 4.69) is 10.2 Å². The number of halogens is 3. The Morgan fingerprint density at radius 3 is 2.50 bits per heavy atom. The summed E-state index contributed by atoms with van der Waals surface area (Å²) in [6.45, 7) is 0. The first kappa shape index (κ1) is 14.0. The molecule has 0 saturated heterocycles. The molecule has 2 aromatic heterocycles. The van der Waals surface area contributed by atoms with Gasteiger partial charge < -0.3 is 0 Å². The van der Waals surface area contributed by atoms with Crippen molar-refractivity contribution in [1.82, 2.24) is 14.6 Å². The summed E-state index contributed by atoms with van der Waals surface area (Å²) < 4.78 is 1.80. The fraction of sp³-hybridized carbons (Fsp3) is 0.0769. The molecule has 0 atom stereocenters. The van der Waals surface area contributed by atoms with Crippen LogP contribution in [0.4, 0.5) is 0 Å². The van der Waals surface area contributed by atoms with Crippen molar-refractivity contribution in [2.24, 2.45) is 0 Å². The molecule has 0 aliphatic rings. The van der Waals surface area contributed by atoms with Crippen LogP contribution in [0.3, 0.4) is 0 Å². The van der Waals surface area contributed by atoms with Gasteiger partial charge in [-0.05, 0) is 23.8 Å². The normalized spacial score (nSPS) is 11.2. The second kappa shape index (κ2) is 5.82. The average Bonchev–Trinajstić information content (AvgIpc) is 2.81. The maximum absolute atomic E-state index is 6.08. The minimum absolute atomic E-state index is 0.489. The first-order valence-corrected chi connectivity index (χ1v) is 7.82. The highest BCUT2D eigenvalue weighted by molar-refractivity contribution is 7.98. The Morgan fingerprint density at radius 2 is 1.75 bits per heavy atom. The Labute approximate surface area is 134 Å². The Bertz CT molecular complexity index is 755. The predicted molar refractivity (Wildman–Crippen MR) is 84.0 cm³/mol. The number of nitrogens with zero attached hydrogens (tertiary/aromatic N) is 3. The van der Waals surface area contributed by atoms with Gasteiger partial charge in [0.15, 0.2) is 10.8 Å². The molecule has 0 aliphatic heterocycles. The zero-order valence-electron chi connectivity index (χ0n) is 10.1. The molecule has 20 heavy (non-hydrogen) atoms. The molecular weight excluding hydrogens is 337 g/mol. The molecule has 3 rings (SSSR count). The van der Waals surface area contributed by atoms with Crippen LogP contribution in [0, 0.1) is 0 Å². The van der Waals surface area contributed by atoms with Gasteiger partial charge in [0.2, 0.25) is 0 Å². The van der Waals surface area contributed by atoms with E-state index in [4.69, 9.17) is 34.8 Å². The SMILES string of the molecule is Clc1ccc(CSc2nnc3c(Cl)cc(Cl)cn23)cc1. The molecule has 3 aromatic rings. The summed E-state index contributed by atoms with van der Waals surface area (Å²) >= 11 is 19.5. The predicted octanol–water partition coefficient (Wildman–Crippen LogP) is 4.98. The number of benzene rings is 1. The Morgan fingerprint density at radius 1 is 1.00 bits per heavy atom. The molecule has 0 bridgehead atoms. The molecule has 0 saturated carbocycles. The van der Waals surface area contributed by atoms with E-state index in [1.807, 2.05) is 24.3 Å². The van der Waals surface area contributed by atoms with Crippen molar-refractivity contribution in [2.75, 3.05) is 0 Å². The van der Waals surface area contributed by atoms with Crippen molar-refractivity contribution in [3.05, 3.63) is 57.2 Å². The molecule has 0 N–H and O–H groups in total. The molecule has 0 unspecified atom stereocenters. The zero-order valence-corrected chi connectivity index (χ0v) is 13.1. The molecule has 0 spiro atoms. The average molecular weight is 345 g/mol. The fourth-order valence-corrected chi connectivity index (χ4v) is 3.23. The molecule has 0 aliphatic carbocycles. The van der Waals surface area contributed by atoms with Gasteiger partial charge in [-0.3, -0.25) is 4.40 Å². The first-order chi connectivity index (χ1) is 9.63. The van der Waals surface area contributed by atoms with E-state index in [0.717, 1.165) is 21.5 Å². The number of thioether (sulfide) groups is 1. The summed E-state index contributed by atoms with van der Waals surface area (Å²) in [5.41, 5.74) is 1.76. The minimum atomic E-state index is 0.489. The summed E-state index contributed by atoms with van der Waals surface area (Å²) in [7, 11) is 0. The van der Waals surface area contributed by atoms with Gasteiger partial charge in [-0.2, -0.15) is 0 Å². The molecule has 0 radical (unpaired) electrons. The lowest BCUT2D eigenvalue weighted by molar-refractivity contribution is 0.921. The van der Waals surface area contributed by atoms with Gasteiger partial charge in [0, 0.05) is 17.0 Å². The topological polar surface area (TPSA) is 30.2 Å². The van der Waals surface area contributed by atoms with Crippen LogP contribution < -0.4 is 0 Å². The molecule has 0 amide bonds. The van der Waals surface area contributed by atoms with Gasteiger partial charge in [0.1, 0.15) is 0 Å². The second-order valence-electron chi connectivity index (χ2n) is 4.10. The van der Waals surface area contributed by atoms with E-state index in [9.17, 15) is 0 Å². The van der Waals surface area contributed by atoms with Gasteiger partial charge in [0.25, 0.3) is 0 Å². The van der Waals surface area contributed by atoms with Crippen molar-refractivity contribution < 1.29 is 0 Å². The Hall–Kier alpha value is -0.940. The van der Waals surface area contributed by atoms with Crippen LogP contribution in [0.1, 0.15) is 5.56 Å². The maximum atomic E-state index is 6.08. The monoisotopic (exact) mass is 343 g/mol. The van der Waals surface area contributed by atoms with Crippen molar-refractivity contribution in [3.8, 4) is 0 Å². The third kappa shape index (κ3) is 2.88. The number of pyridine rings is 1. The first-order valence-electron chi connectivity index (χ1n) is 5.70. The second-order valence-corrected chi connectivity index (χ2v) is 6.32. The molecule has 0 fully saturated rings. The van der Waals surface area contributed by atoms with Crippen molar-refractivity contribution in [1.29, 1.82) is 0 Å². The van der Waals surface area contributed by atoms with Crippen molar-refractivity contribution in [2.45, 2.75) is 10.9 Å². The summed E-state index contributed by atoms with van der Waals surface area (Å²) in [5.74, 6) is 0.766. The van der Waals surface area contributed by atoms with Crippen LogP contribution in [0.2, 0.25) is 15.1 Å². The molecule has 2 heterocycles. The van der Waals surface area contributed by atoms with E-state index < -0.39 is 0 Å². The quantitative estimate of drug-likeness (QED) is 0.628. The highest BCUT2D eigenvalue weighted by Crippen LogP contribution is 2.27. The molecule has 7 heteroatoms. The molecular formula is C13H8Cl3N3S. The highest BCUT2D eigenvalue weighted by atomic mass is 35.5. The van der Waals surface area contributed by atoms with Gasteiger partial charge in [0.05, 0.1) is 10.0 Å². The maximum Gasteiger partial charge on any atom is 0.196 e. The lowest BCUT2D eigenvalue weighted by Crippen LogP contribution is -1.89. The van der Waals surface area contributed by atoms with Crippen molar-refractivity contribution in [3.63, 3.8) is 0 Å². The van der Waals surface area contributed by atoms with E-state index in [1.165, 1.54) is 0 Å². The van der Waals surface area contributed by atoms with Crippen LogP contribution >= 0.6 is 46.6 Å². The Kier molecular flexibility index (Phi) is 4.08. The van der Waals surface area contributed by atoms with E-state index in [-0.39, 0.29) is 0 Å². The van der Waals surface area contributed by atoms with E-state index >= 15 is 0 Å². The largest absolute Gasteiger partial charge is 0.275 e. The molecule has 3 nitrogen and oxygen atoms in total. The smallest absolute Gasteiger partial charge is 0.196 e. The Balaban J connectivity index is 1.86. The zero-order chi connectivity index (χ0) is 14.1. The lowest BCUT2D eigenvalue weighted by atomic mass is 10.2. The number of hydrogen-bond donors (Lipinski definition) is 0. The van der Waals surface area contributed by atoms with Crippen LogP contribution in [0.5, 0.6) is 0 Å². The third-order valence-corrected chi connectivity index (χ3v) is 4.43. The van der Waals surface area contributed by atoms with Gasteiger partial charge in [-0.15, -0.1) is 10.2 Å². The highest BCUT2D eigenvalue weighted by Gasteiger charge is 2.10. The number of aromatic nitrogens is 3. The van der Waals surface area contributed by atoms with Crippen LogP contribution in [0.15, 0.2) is 41.7 Å².